The number of benzene rings is 1. The molecule has 2 amide bonds. The summed E-state index contributed by atoms with van der Waals surface area (Å²) >= 11 is 1.71. The van der Waals surface area contributed by atoms with E-state index in [1.165, 1.54) is 35.3 Å². The van der Waals surface area contributed by atoms with Crippen LogP contribution in [0.25, 0.3) is 0 Å². The van der Waals surface area contributed by atoms with E-state index < -0.39 is 0 Å². The lowest BCUT2D eigenvalue weighted by Gasteiger charge is -2.25. The molecule has 3 heterocycles. The van der Waals surface area contributed by atoms with E-state index in [1.54, 1.807) is 16.2 Å². The second kappa shape index (κ2) is 9.18. The van der Waals surface area contributed by atoms with Crippen LogP contribution in [-0.2, 0) is 22.4 Å². The maximum atomic E-state index is 13.3. The molecule has 1 aromatic heterocycles. The monoisotopic (exact) mass is 449 g/mol. The van der Waals surface area contributed by atoms with Crippen LogP contribution in [-0.4, -0.2) is 48.6 Å². The average Bonchev–Trinajstić information content (AvgIpc) is 2.93. The molecular formula is C26H31N3O2S. The van der Waals surface area contributed by atoms with Crippen LogP contribution in [0.5, 0.6) is 0 Å². The zero-order chi connectivity index (χ0) is 22.1. The van der Waals surface area contributed by atoms with Gasteiger partial charge in [0, 0.05) is 29.1 Å². The first-order chi connectivity index (χ1) is 15.6. The maximum Gasteiger partial charge on any atom is 0.249 e. The Morgan fingerprint density at radius 1 is 1.00 bits per heavy atom. The van der Waals surface area contributed by atoms with Crippen LogP contribution in [0.15, 0.2) is 29.3 Å². The van der Waals surface area contributed by atoms with Crippen molar-refractivity contribution in [3.63, 3.8) is 0 Å². The Bertz CT molecular complexity index is 1050. The standard InChI is InChI=1S/C26H31N3O2S/c1-18-10-12-19(13-11-18)25-24-20-8-4-5-9-21(20)32-26(24)29(22(30)16-27-25)17-23(31)28-14-6-2-3-7-15-28/h10-13H,2-9,14-17H2,1H3. The zero-order valence-electron chi connectivity index (χ0n) is 18.9. The molecule has 0 N–H and O–H groups in total. The summed E-state index contributed by atoms with van der Waals surface area (Å²) in [5.74, 6) is -0.00788. The van der Waals surface area contributed by atoms with Crippen LogP contribution in [0.4, 0.5) is 5.00 Å². The van der Waals surface area contributed by atoms with Gasteiger partial charge in [0.2, 0.25) is 11.8 Å². The summed E-state index contributed by atoms with van der Waals surface area (Å²) in [5, 5.41) is 0.932. The van der Waals surface area contributed by atoms with Gasteiger partial charge < -0.3 is 4.90 Å². The SMILES string of the molecule is Cc1ccc(C2=NCC(=O)N(CC(=O)N3CCCCCC3)c3sc4c(c32)CCCC4)cc1. The van der Waals surface area contributed by atoms with Crippen molar-refractivity contribution in [3.05, 3.63) is 51.4 Å². The van der Waals surface area contributed by atoms with Gasteiger partial charge in [-0.2, -0.15) is 0 Å². The predicted octanol–water partition coefficient (Wildman–Crippen LogP) is 4.52. The number of anilines is 1. The maximum absolute atomic E-state index is 13.3. The van der Waals surface area contributed by atoms with Crippen molar-refractivity contribution in [2.24, 2.45) is 4.99 Å². The minimum atomic E-state index is -0.0740. The summed E-state index contributed by atoms with van der Waals surface area (Å²) in [4.78, 5) is 36.4. The molecule has 6 heteroatoms. The fraction of sp³-hybridized carbons (Fsp3) is 0.500. The summed E-state index contributed by atoms with van der Waals surface area (Å²) in [7, 11) is 0. The van der Waals surface area contributed by atoms with Gasteiger partial charge >= 0.3 is 0 Å². The highest BCUT2D eigenvalue weighted by atomic mass is 32.1. The van der Waals surface area contributed by atoms with Crippen LogP contribution in [0.1, 0.15) is 65.7 Å². The number of likely N-dealkylation sites (tertiary alicyclic amines) is 1. The first-order valence-electron chi connectivity index (χ1n) is 12.0. The number of nitrogens with zero attached hydrogens (tertiary/aromatic N) is 3. The topological polar surface area (TPSA) is 53.0 Å². The van der Waals surface area contributed by atoms with Gasteiger partial charge in [-0.3, -0.25) is 19.5 Å². The average molecular weight is 450 g/mol. The molecule has 1 saturated heterocycles. The van der Waals surface area contributed by atoms with Crippen molar-refractivity contribution >= 4 is 33.9 Å². The van der Waals surface area contributed by atoms with Crippen LogP contribution in [0, 0.1) is 6.92 Å². The van der Waals surface area contributed by atoms with Gasteiger partial charge in [0.25, 0.3) is 0 Å². The van der Waals surface area contributed by atoms with Crippen molar-refractivity contribution in [2.45, 2.75) is 58.3 Å². The van der Waals surface area contributed by atoms with E-state index in [-0.39, 0.29) is 24.9 Å². The number of fused-ring (bicyclic) bond motifs is 3. The molecule has 5 rings (SSSR count). The second-order valence-electron chi connectivity index (χ2n) is 9.20. The molecule has 3 aliphatic rings. The first-order valence-corrected chi connectivity index (χ1v) is 12.8. The first kappa shape index (κ1) is 21.4. The van der Waals surface area contributed by atoms with Gasteiger partial charge in [0.15, 0.2) is 0 Å². The largest absolute Gasteiger partial charge is 0.341 e. The normalized spacial score (nSPS) is 19.0. The summed E-state index contributed by atoms with van der Waals surface area (Å²) in [6.45, 7) is 3.91. The van der Waals surface area contributed by atoms with E-state index >= 15 is 0 Å². The van der Waals surface area contributed by atoms with Gasteiger partial charge in [-0.05, 0) is 51.0 Å². The molecule has 0 unspecified atom stereocenters. The van der Waals surface area contributed by atoms with Crippen LogP contribution < -0.4 is 4.90 Å². The molecule has 0 radical (unpaired) electrons. The third-order valence-electron chi connectivity index (χ3n) is 6.89. The molecule has 0 spiro atoms. The molecule has 1 fully saturated rings. The Hall–Kier alpha value is -2.47. The molecule has 2 aromatic rings. The molecule has 0 saturated carbocycles. The lowest BCUT2D eigenvalue weighted by atomic mass is 9.91. The summed E-state index contributed by atoms with van der Waals surface area (Å²) in [6.07, 6.45) is 8.90. The Morgan fingerprint density at radius 2 is 1.72 bits per heavy atom. The van der Waals surface area contributed by atoms with E-state index in [2.05, 4.69) is 31.2 Å². The number of hydrogen-bond acceptors (Lipinski definition) is 4. The lowest BCUT2D eigenvalue weighted by molar-refractivity contribution is -0.131. The number of thiophene rings is 1. The Labute approximate surface area is 194 Å². The quantitative estimate of drug-likeness (QED) is 0.692. The number of carbonyl (C=O) groups is 2. The Kier molecular flexibility index (Phi) is 6.13. The minimum Gasteiger partial charge on any atom is -0.341 e. The summed E-state index contributed by atoms with van der Waals surface area (Å²) in [6, 6.07) is 8.41. The molecular weight excluding hydrogens is 418 g/mol. The van der Waals surface area contributed by atoms with E-state index in [0.717, 1.165) is 67.0 Å². The van der Waals surface area contributed by atoms with E-state index in [4.69, 9.17) is 4.99 Å². The lowest BCUT2D eigenvalue weighted by Crippen LogP contribution is -2.43. The van der Waals surface area contributed by atoms with Crippen LogP contribution in [0.3, 0.4) is 0 Å². The highest BCUT2D eigenvalue weighted by Crippen LogP contribution is 2.42. The molecule has 5 nitrogen and oxygen atoms in total. The third kappa shape index (κ3) is 4.13. The van der Waals surface area contributed by atoms with Gasteiger partial charge in [-0.1, -0.05) is 42.7 Å². The van der Waals surface area contributed by atoms with Crippen LogP contribution in [0.2, 0.25) is 0 Å². The minimum absolute atomic E-state index is 0.0661. The molecule has 0 bridgehead atoms. The van der Waals surface area contributed by atoms with Gasteiger partial charge in [0.05, 0.1) is 5.71 Å². The van der Waals surface area contributed by atoms with Crippen molar-refractivity contribution in [1.82, 2.24) is 4.90 Å². The molecule has 168 valence electrons. The molecule has 1 aliphatic carbocycles. The van der Waals surface area contributed by atoms with Crippen LogP contribution >= 0.6 is 11.3 Å². The smallest absolute Gasteiger partial charge is 0.249 e. The number of aryl methyl sites for hydroxylation is 2. The number of carbonyl (C=O) groups excluding carboxylic acids is 2. The van der Waals surface area contributed by atoms with Crippen molar-refractivity contribution in [3.8, 4) is 0 Å². The molecule has 0 atom stereocenters. The third-order valence-corrected chi connectivity index (χ3v) is 8.20. The summed E-state index contributed by atoms with van der Waals surface area (Å²) < 4.78 is 0. The number of hydrogen-bond donors (Lipinski definition) is 0. The fourth-order valence-electron chi connectivity index (χ4n) is 5.07. The molecule has 32 heavy (non-hydrogen) atoms. The summed E-state index contributed by atoms with van der Waals surface area (Å²) in [5.41, 5.74) is 5.62. The number of rotatable bonds is 3. The van der Waals surface area contributed by atoms with Gasteiger partial charge in [-0.15, -0.1) is 11.3 Å². The Morgan fingerprint density at radius 3 is 2.47 bits per heavy atom. The highest BCUT2D eigenvalue weighted by Gasteiger charge is 2.34. The van der Waals surface area contributed by atoms with E-state index in [1.807, 2.05) is 4.90 Å². The fourth-order valence-corrected chi connectivity index (χ4v) is 6.48. The second-order valence-corrected chi connectivity index (χ2v) is 10.3. The molecule has 2 aliphatic heterocycles. The van der Waals surface area contributed by atoms with E-state index in [9.17, 15) is 9.59 Å². The number of amides is 2. The van der Waals surface area contributed by atoms with Crippen molar-refractivity contribution in [2.75, 3.05) is 31.1 Å². The Balaban J connectivity index is 1.54. The predicted molar refractivity (Wildman–Crippen MR) is 130 cm³/mol. The molecule has 1 aromatic carbocycles. The van der Waals surface area contributed by atoms with Crippen molar-refractivity contribution < 1.29 is 9.59 Å². The number of aliphatic imine (C=N–C) groups is 1. The van der Waals surface area contributed by atoms with Gasteiger partial charge in [0.1, 0.15) is 18.1 Å². The van der Waals surface area contributed by atoms with Gasteiger partial charge in [-0.25, -0.2) is 0 Å². The zero-order valence-corrected chi connectivity index (χ0v) is 19.7. The van der Waals surface area contributed by atoms with Crippen molar-refractivity contribution in [1.29, 1.82) is 0 Å². The van der Waals surface area contributed by atoms with E-state index in [0.29, 0.717) is 0 Å². The highest BCUT2D eigenvalue weighted by molar-refractivity contribution is 7.17.